The number of benzene rings is 1. The number of thiophene rings is 1. The molecule has 4 rings (SSSR count). The Morgan fingerprint density at radius 1 is 1.13 bits per heavy atom. The monoisotopic (exact) mass is 423 g/mol. The van der Waals surface area contributed by atoms with Crippen molar-refractivity contribution in [2.45, 2.75) is 45.6 Å². The second-order valence-corrected chi connectivity index (χ2v) is 8.20. The highest BCUT2D eigenvalue weighted by molar-refractivity contribution is 7.17. The molecule has 0 aliphatic carbocycles. The summed E-state index contributed by atoms with van der Waals surface area (Å²) in [5.74, 6) is 1.25. The average Bonchev–Trinajstić information content (AvgIpc) is 3.40. The summed E-state index contributed by atoms with van der Waals surface area (Å²) in [6.07, 6.45) is 3.49. The number of aromatic nitrogens is 4. The molecule has 4 aromatic rings. The highest BCUT2D eigenvalue weighted by Gasteiger charge is 2.17. The SMILES string of the molecule is CCCCn1c(=O)c2sccc2n2c(CCC(=O)NCCc3ccccc3)nnc12. The van der Waals surface area contributed by atoms with E-state index in [9.17, 15) is 9.59 Å². The van der Waals surface area contributed by atoms with Crippen molar-refractivity contribution in [2.75, 3.05) is 6.54 Å². The molecule has 30 heavy (non-hydrogen) atoms. The van der Waals surface area contributed by atoms with Gasteiger partial charge in [-0.15, -0.1) is 21.5 Å². The molecule has 8 heteroatoms. The third kappa shape index (κ3) is 4.14. The normalized spacial score (nSPS) is 11.4. The molecule has 0 aliphatic rings. The smallest absolute Gasteiger partial charge is 0.272 e. The average molecular weight is 424 g/mol. The number of nitrogens with zero attached hydrogens (tertiary/aromatic N) is 4. The quantitative estimate of drug-likeness (QED) is 0.448. The second kappa shape index (κ2) is 9.21. The maximum Gasteiger partial charge on any atom is 0.272 e. The topological polar surface area (TPSA) is 81.3 Å². The molecule has 7 nitrogen and oxygen atoms in total. The summed E-state index contributed by atoms with van der Waals surface area (Å²) in [6.45, 7) is 3.32. The molecule has 1 N–H and O–H groups in total. The first-order valence-corrected chi connectivity index (χ1v) is 11.2. The van der Waals surface area contributed by atoms with E-state index >= 15 is 0 Å². The van der Waals surface area contributed by atoms with Crippen molar-refractivity contribution in [2.24, 2.45) is 0 Å². The van der Waals surface area contributed by atoms with Crippen molar-refractivity contribution in [1.82, 2.24) is 24.5 Å². The molecule has 3 heterocycles. The van der Waals surface area contributed by atoms with Crippen LogP contribution in [-0.2, 0) is 24.2 Å². The van der Waals surface area contributed by atoms with Gasteiger partial charge in [0.2, 0.25) is 11.7 Å². The van der Waals surface area contributed by atoms with E-state index in [0.29, 0.717) is 42.2 Å². The Labute approximate surface area is 178 Å². The van der Waals surface area contributed by atoms with Gasteiger partial charge in [-0.05, 0) is 29.9 Å². The minimum absolute atomic E-state index is 0.0106. The number of aryl methyl sites for hydroxylation is 2. The van der Waals surface area contributed by atoms with E-state index < -0.39 is 0 Å². The van der Waals surface area contributed by atoms with Crippen LogP contribution in [0.25, 0.3) is 16.0 Å². The fourth-order valence-corrected chi connectivity index (χ4v) is 4.39. The van der Waals surface area contributed by atoms with Crippen molar-refractivity contribution in [3.63, 3.8) is 0 Å². The van der Waals surface area contributed by atoms with Gasteiger partial charge in [0, 0.05) is 25.9 Å². The zero-order chi connectivity index (χ0) is 20.9. The number of hydrogen-bond donors (Lipinski definition) is 1. The van der Waals surface area contributed by atoms with Crippen LogP contribution in [-0.4, -0.2) is 31.6 Å². The zero-order valence-electron chi connectivity index (χ0n) is 17.0. The van der Waals surface area contributed by atoms with Crippen LogP contribution in [0.5, 0.6) is 0 Å². The van der Waals surface area contributed by atoms with Crippen molar-refractivity contribution in [3.8, 4) is 0 Å². The van der Waals surface area contributed by atoms with Crippen LogP contribution >= 0.6 is 11.3 Å². The lowest BCUT2D eigenvalue weighted by Gasteiger charge is -2.09. The summed E-state index contributed by atoms with van der Waals surface area (Å²) in [5.41, 5.74) is 2.00. The van der Waals surface area contributed by atoms with Crippen LogP contribution in [0.3, 0.4) is 0 Å². The van der Waals surface area contributed by atoms with E-state index in [-0.39, 0.29) is 11.5 Å². The lowest BCUT2D eigenvalue weighted by Crippen LogP contribution is -2.26. The molecule has 0 unspecified atom stereocenters. The third-order valence-corrected chi connectivity index (χ3v) is 6.06. The van der Waals surface area contributed by atoms with Crippen LogP contribution in [0.1, 0.15) is 37.6 Å². The maximum absolute atomic E-state index is 12.8. The predicted octanol–water partition coefficient (Wildman–Crippen LogP) is 3.20. The predicted molar refractivity (Wildman–Crippen MR) is 119 cm³/mol. The van der Waals surface area contributed by atoms with Gasteiger partial charge >= 0.3 is 0 Å². The summed E-state index contributed by atoms with van der Waals surface area (Å²) in [4.78, 5) is 25.2. The van der Waals surface area contributed by atoms with E-state index in [0.717, 1.165) is 24.8 Å². The molecular weight excluding hydrogens is 398 g/mol. The van der Waals surface area contributed by atoms with Crippen LogP contribution in [0.2, 0.25) is 0 Å². The van der Waals surface area contributed by atoms with E-state index in [2.05, 4.69) is 34.6 Å². The third-order valence-electron chi connectivity index (χ3n) is 5.17. The highest BCUT2D eigenvalue weighted by atomic mass is 32.1. The van der Waals surface area contributed by atoms with Crippen LogP contribution in [0.4, 0.5) is 0 Å². The number of carbonyl (C=O) groups is 1. The van der Waals surface area contributed by atoms with Crippen molar-refractivity contribution >= 4 is 33.2 Å². The van der Waals surface area contributed by atoms with E-state index in [1.807, 2.05) is 34.0 Å². The van der Waals surface area contributed by atoms with Gasteiger partial charge in [-0.1, -0.05) is 43.7 Å². The molecule has 156 valence electrons. The summed E-state index contributed by atoms with van der Waals surface area (Å²) < 4.78 is 4.34. The second-order valence-electron chi connectivity index (χ2n) is 7.28. The molecule has 0 aliphatic heterocycles. The Morgan fingerprint density at radius 2 is 1.97 bits per heavy atom. The first kappa shape index (κ1) is 20.3. The van der Waals surface area contributed by atoms with E-state index in [1.54, 1.807) is 4.57 Å². The summed E-state index contributed by atoms with van der Waals surface area (Å²) in [5, 5.41) is 13.5. The van der Waals surface area contributed by atoms with Crippen molar-refractivity contribution in [1.29, 1.82) is 0 Å². The molecular formula is C22H25N5O2S. The first-order valence-electron chi connectivity index (χ1n) is 10.3. The largest absolute Gasteiger partial charge is 0.356 e. The first-order chi connectivity index (χ1) is 14.7. The number of hydrogen-bond acceptors (Lipinski definition) is 5. The van der Waals surface area contributed by atoms with Gasteiger partial charge < -0.3 is 5.32 Å². The standard InChI is InChI=1S/C22H25N5O2S/c1-2-3-14-26-21(29)20-17(12-15-30-20)27-18(24-25-22(26)27)9-10-19(28)23-13-11-16-7-5-4-6-8-16/h4-8,12,15H,2-3,9-11,13-14H2,1H3,(H,23,28). The Balaban J connectivity index is 1.48. The molecule has 0 fully saturated rings. The van der Waals surface area contributed by atoms with E-state index in [1.165, 1.54) is 16.9 Å². The number of amides is 1. The molecule has 3 aromatic heterocycles. The van der Waals surface area contributed by atoms with Gasteiger partial charge in [0.1, 0.15) is 10.5 Å². The van der Waals surface area contributed by atoms with Gasteiger partial charge in [0.05, 0.1) is 5.52 Å². The maximum atomic E-state index is 12.8. The molecule has 1 amide bonds. The molecule has 0 radical (unpaired) electrons. The Bertz CT molecular complexity index is 1210. The minimum atomic E-state index is -0.0152. The zero-order valence-corrected chi connectivity index (χ0v) is 17.8. The summed E-state index contributed by atoms with van der Waals surface area (Å²) >= 11 is 1.43. The molecule has 0 saturated carbocycles. The summed E-state index contributed by atoms with van der Waals surface area (Å²) in [6, 6.07) is 12.0. The fraction of sp³-hybridized carbons (Fsp3) is 0.364. The van der Waals surface area contributed by atoms with Crippen LogP contribution in [0.15, 0.2) is 46.6 Å². The fourth-order valence-electron chi connectivity index (χ4n) is 3.57. The number of carbonyl (C=O) groups excluding carboxylic acids is 1. The van der Waals surface area contributed by atoms with Crippen LogP contribution < -0.4 is 10.9 Å². The molecule has 0 bridgehead atoms. The van der Waals surface area contributed by atoms with Gasteiger partial charge in [-0.2, -0.15) is 0 Å². The van der Waals surface area contributed by atoms with Gasteiger partial charge in [-0.25, -0.2) is 0 Å². The lowest BCUT2D eigenvalue weighted by molar-refractivity contribution is -0.121. The van der Waals surface area contributed by atoms with E-state index in [4.69, 9.17) is 0 Å². The van der Waals surface area contributed by atoms with Gasteiger partial charge in [-0.3, -0.25) is 18.6 Å². The number of fused-ring (bicyclic) bond motifs is 3. The Morgan fingerprint density at radius 3 is 2.77 bits per heavy atom. The Hall–Kier alpha value is -3.00. The Kier molecular flexibility index (Phi) is 6.23. The van der Waals surface area contributed by atoms with Gasteiger partial charge in [0.25, 0.3) is 5.56 Å². The number of nitrogens with one attached hydrogen (secondary N) is 1. The van der Waals surface area contributed by atoms with Crippen molar-refractivity contribution in [3.05, 3.63) is 63.5 Å². The van der Waals surface area contributed by atoms with Crippen LogP contribution in [0, 0.1) is 0 Å². The lowest BCUT2D eigenvalue weighted by atomic mass is 10.1. The minimum Gasteiger partial charge on any atom is -0.356 e. The molecule has 0 spiro atoms. The molecule has 1 aromatic carbocycles. The number of unbranched alkanes of at least 4 members (excludes halogenated alkanes) is 1. The highest BCUT2D eigenvalue weighted by Crippen LogP contribution is 2.20. The number of rotatable bonds is 9. The molecule has 0 saturated heterocycles. The summed E-state index contributed by atoms with van der Waals surface area (Å²) in [7, 11) is 0. The van der Waals surface area contributed by atoms with Gasteiger partial charge in [0.15, 0.2) is 0 Å². The van der Waals surface area contributed by atoms with Crippen molar-refractivity contribution < 1.29 is 4.79 Å². The molecule has 0 atom stereocenters.